The highest BCUT2D eigenvalue weighted by Crippen LogP contribution is 2.41. The number of alkyl halides is 4. The zero-order valence-electron chi connectivity index (χ0n) is 10.7. The summed E-state index contributed by atoms with van der Waals surface area (Å²) in [7, 11) is 0. The minimum Gasteiger partial charge on any atom is -0.387 e. The highest BCUT2D eigenvalue weighted by Gasteiger charge is 2.57. The van der Waals surface area contributed by atoms with Crippen molar-refractivity contribution in [3.8, 4) is 0 Å². The van der Waals surface area contributed by atoms with Gasteiger partial charge in [-0.3, -0.25) is 4.99 Å². The summed E-state index contributed by atoms with van der Waals surface area (Å²) in [5, 5.41) is 19.4. The monoisotopic (exact) mass is 330 g/mol. The van der Waals surface area contributed by atoms with E-state index in [1.54, 1.807) is 0 Å². The minimum absolute atomic E-state index is 0.522. The highest BCUT2D eigenvalue weighted by molar-refractivity contribution is 8.14. The Bertz CT molecular complexity index is 446. The number of nitrogens with zero attached hydrogens (tertiary/aromatic N) is 2. The molecule has 120 valence electrons. The molecule has 3 heterocycles. The molecule has 0 saturated carbocycles. The first-order valence-electron chi connectivity index (χ1n) is 6.51. The third-order valence-electron chi connectivity index (χ3n) is 3.81. The Kier molecular flexibility index (Phi) is 3.83. The maximum atomic E-state index is 14.1. The molecule has 6 atom stereocenters. The molecule has 2 saturated heterocycles. The van der Waals surface area contributed by atoms with Crippen LogP contribution in [0.15, 0.2) is 4.99 Å². The predicted molar refractivity (Wildman–Crippen MR) is 66.6 cm³/mol. The molecule has 0 spiro atoms. The lowest BCUT2D eigenvalue weighted by molar-refractivity contribution is -0.267. The molecule has 21 heavy (non-hydrogen) atoms. The first-order valence-corrected chi connectivity index (χ1v) is 7.39. The second-order valence-corrected chi connectivity index (χ2v) is 6.32. The van der Waals surface area contributed by atoms with Crippen LogP contribution in [0.5, 0.6) is 0 Å². The Balaban J connectivity index is 1.74. The van der Waals surface area contributed by atoms with Gasteiger partial charge in [-0.15, -0.1) is 0 Å². The van der Waals surface area contributed by atoms with Crippen LogP contribution in [-0.4, -0.2) is 75.5 Å². The fourth-order valence-electron chi connectivity index (χ4n) is 2.45. The van der Waals surface area contributed by atoms with Gasteiger partial charge in [-0.1, -0.05) is 11.8 Å². The molecule has 0 aromatic heterocycles. The molecule has 3 aliphatic heterocycles. The summed E-state index contributed by atoms with van der Waals surface area (Å²) in [6.45, 7) is 1.53. The average molecular weight is 330 g/mol. The number of thioether (sulfide) groups is 1. The van der Waals surface area contributed by atoms with Crippen molar-refractivity contribution in [2.45, 2.75) is 48.6 Å². The van der Waals surface area contributed by atoms with Crippen molar-refractivity contribution >= 4 is 16.9 Å². The molecular weight excluding hydrogens is 316 g/mol. The van der Waals surface area contributed by atoms with E-state index in [1.165, 1.54) is 0 Å². The summed E-state index contributed by atoms with van der Waals surface area (Å²) < 4.78 is 56.9. The van der Waals surface area contributed by atoms with Crippen molar-refractivity contribution in [1.82, 2.24) is 4.90 Å². The molecule has 6 unspecified atom stereocenters. The van der Waals surface area contributed by atoms with Crippen LogP contribution in [0.3, 0.4) is 0 Å². The summed E-state index contributed by atoms with van der Waals surface area (Å²) in [6.07, 6.45) is -13.0. The lowest BCUT2D eigenvalue weighted by atomic mass is 9.95. The summed E-state index contributed by atoms with van der Waals surface area (Å²) in [5.41, 5.74) is -0.957. The van der Waals surface area contributed by atoms with E-state index in [4.69, 9.17) is 4.74 Å². The number of aliphatic imine (C=N–C) groups is 1. The van der Waals surface area contributed by atoms with E-state index in [-0.39, 0.29) is 0 Å². The van der Waals surface area contributed by atoms with Crippen LogP contribution in [0, 0.1) is 0 Å². The van der Waals surface area contributed by atoms with Gasteiger partial charge in [0.05, 0.1) is 0 Å². The summed E-state index contributed by atoms with van der Waals surface area (Å²) in [6, 6.07) is -1.04. The predicted octanol–water partition coefficient (Wildman–Crippen LogP) is 0.511. The molecule has 0 aromatic rings. The first kappa shape index (κ1) is 15.3. The van der Waals surface area contributed by atoms with Gasteiger partial charge >= 0.3 is 6.18 Å². The molecule has 0 amide bonds. The first-order chi connectivity index (χ1) is 9.79. The Labute approximate surface area is 122 Å². The average Bonchev–Trinajstić information content (AvgIpc) is 2.73. The summed E-state index contributed by atoms with van der Waals surface area (Å²) in [5.74, 6) is 0. The number of hydrogen-bond acceptors (Lipinski definition) is 6. The number of ether oxygens (including phenoxy) is 1. The highest BCUT2D eigenvalue weighted by atomic mass is 32.2. The van der Waals surface area contributed by atoms with Gasteiger partial charge in [-0.2, -0.15) is 13.2 Å². The Hall–Kier alpha value is -0.580. The quantitative estimate of drug-likeness (QED) is 0.686. The van der Waals surface area contributed by atoms with Crippen molar-refractivity contribution in [2.24, 2.45) is 4.99 Å². The number of aliphatic hydroxyl groups is 2. The standard InChI is InChI=1S/C11H14F4N2O3S/c12-4-5-9(21-10(16-5)17-2-1-3-17)20-7(6(4)18)8(19)11(13,14)15/h4-9,18-19H,1-3H2. The third-order valence-corrected chi connectivity index (χ3v) is 5.01. The fraction of sp³-hybridized carbons (Fsp3) is 0.909. The number of likely N-dealkylation sites (tertiary alicyclic amines) is 1. The molecular formula is C11H14F4N2O3S. The number of rotatable bonds is 1. The summed E-state index contributed by atoms with van der Waals surface area (Å²) in [4.78, 5) is 5.98. The van der Waals surface area contributed by atoms with Gasteiger partial charge in [-0.05, 0) is 6.42 Å². The molecule has 0 radical (unpaired) electrons. The number of fused-ring (bicyclic) bond motifs is 1. The van der Waals surface area contributed by atoms with E-state index >= 15 is 0 Å². The molecule has 0 aliphatic carbocycles. The smallest absolute Gasteiger partial charge is 0.387 e. The van der Waals surface area contributed by atoms with Crippen molar-refractivity contribution in [3.05, 3.63) is 0 Å². The largest absolute Gasteiger partial charge is 0.417 e. The number of aliphatic hydroxyl groups excluding tert-OH is 2. The lowest BCUT2D eigenvalue weighted by Crippen LogP contribution is -2.59. The van der Waals surface area contributed by atoms with Gasteiger partial charge in [0.1, 0.15) is 23.7 Å². The van der Waals surface area contributed by atoms with Crippen LogP contribution in [0.25, 0.3) is 0 Å². The van der Waals surface area contributed by atoms with Gasteiger partial charge in [-0.25, -0.2) is 4.39 Å². The zero-order chi connectivity index (χ0) is 15.4. The van der Waals surface area contributed by atoms with Crippen LogP contribution in [0.4, 0.5) is 17.6 Å². The number of halogens is 4. The van der Waals surface area contributed by atoms with Crippen molar-refractivity contribution in [2.75, 3.05) is 13.1 Å². The van der Waals surface area contributed by atoms with E-state index < -0.39 is 42.1 Å². The maximum absolute atomic E-state index is 14.1. The second kappa shape index (κ2) is 5.25. The van der Waals surface area contributed by atoms with E-state index in [1.807, 2.05) is 4.90 Å². The molecule has 5 nitrogen and oxygen atoms in total. The van der Waals surface area contributed by atoms with Crippen LogP contribution in [0.2, 0.25) is 0 Å². The van der Waals surface area contributed by atoms with Crippen LogP contribution < -0.4 is 0 Å². The summed E-state index contributed by atoms with van der Waals surface area (Å²) >= 11 is 1.04. The van der Waals surface area contributed by atoms with Gasteiger partial charge in [0, 0.05) is 13.1 Å². The molecule has 0 bridgehead atoms. The van der Waals surface area contributed by atoms with E-state index in [0.29, 0.717) is 5.17 Å². The van der Waals surface area contributed by atoms with Crippen LogP contribution >= 0.6 is 11.8 Å². The van der Waals surface area contributed by atoms with Crippen molar-refractivity contribution in [1.29, 1.82) is 0 Å². The number of hydrogen-bond donors (Lipinski definition) is 2. The van der Waals surface area contributed by atoms with Crippen molar-refractivity contribution < 1.29 is 32.5 Å². The van der Waals surface area contributed by atoms with E-state index in [0.717, 1.165) is 31.3 Å². The van der Waals surface area contributed by atoms with Crippen LogP contribution in [0.1, 0.15) is 6.42 Å². The minimum atomic E-state index is -4.98. The second-order valence-electron chi connectivity index (χ2n) is 5.25. The molecule has 10 heteroatoms. The van der Waals surface area contributed by atoms with Gasteiger partial charge in [0.25, 0.3) is 0 Å². The van der Waals surface area contributed by atoms with Gasteiger partial charge in [0.15, 0.2) is 17.4 Å². The Morgan fingerprint density at radius 2 is 2.05 bits per heavy atom. The normalized spacial score (nSPS) is 41.3. The Morgan fingerprint density at radius 3 is 2.57 bits per heavy atom. The fourth-order valence-corrected chi connectivity index (χ4v) is 3.71. The molecule has 2 fully saturated rings. The van der Waals surface area contributed by atoms with Gasteiger partial charge < -0.3 is 19.8 Å². The third kappa shape index (κ3) is 2.62. The van der Waals surface area contributed by atoms with E-state index in [9.17, 15) is 27.8 Å². The zero-order valence-corrected chi connectivity index (χ0v) is 11.5. The molecule has 3 aliphatic rings. The SMILES string of the molecule is OC1C(F)C2N=C(N3CCC3)SC2OC1C(O)C(F)(F)F. The lowest BCUT2D eigenvalue weighted by Gasteiger charge is -2.39. The van der Waals surface area contributed by atoms with E-state index in [2.05, 4.69) is 4.99 Å². The molecule has 3 rings (SSSR count). The topological polar surface area (TPSA) is 65.3 Å². The van der Waals surface area contributed by atoms with Crippen molar-refractivity contribution in [3.63, 3.8) is 0 Å². The Morgan fingerprint density at radius 1 is 1.38 bits per heavy atom. The maximum Gasteiger partial charge on any atom is 0.417 e. The molecule has 2 N–H and O–H groups in total. The molecule has 0 aromatic carbocycles. The number of amidine groups is 1. The van der Waals surface area contributed by atoms with Crippen LogP contribution in [-0.2, 0) is 4.74 Å². The van der Waals surface area contributed by atoms with Gasteiger partial charge in [0.2, 0.25) is 0 Å².